The Balaban J connectivity index is 2.86. The van der Waals surface area contributed by atoms with Crippen LogP contribution in [0.4, 0.5) is 26.3 Å². The lowest BCUT2D eigenvalue weighted by molar-refractivity contribution is -0.335. The van der Waals surface area contributed by atoms with E-state index in [4.69, 9.17) is 0 Å². The second-order valence-corrected chi connectivity index (χ2v) is 5.94. The number of benzene rings is 1. The monoisotopic (exact) mass is 364 g/mol. The Morgan fingerprint density at radius 3 is 2.09 bits per heavy atom. The second-order valence-electron chi connectivity index (χ2n) is 4.31. The van der Waals surface area contributed by atoms with Crippen molar-refractivity contribution >= 4 is 13.6 Å². The van der Waals surface area contributed by atoms with Crippen LogP contribution in [-0.4, -0.2) is 30.8 Å². The molecule has 1 atom stereocenters. The lowest BCUT2D eigenvalue weighted by atomic mass is 9.91. The topological polar surface area (TPSA) is 61.8 Å². The van der Waals surface area contributed by atoms with Crippen molar-refractivity contribution < 1.29 is 49.3 Å². The molecule has 23 heavy (non-hydrogen) atoms. The first kappa shape index (κ1) is 17.8. The number of Topliss-reactive ketones (excluding diaryl/α,β-unsaturated/α-hetero) is 1. The number of rotatable bonds is 1. The summed E-state index contributed by atoms with van der Waals surface area (Å²) >= 11 is 0. The maximum Gasteiger partial charge on any atom is 0.531 e. The highest BCUT2D eigenvalue weighted by Gasteiger charge is 2.80. The smallest absolute Gasteiger partial charge is 0.403 e. The summed E-state index contributed by atoms with van der Waals surface area (Å²) in [5.41, 5.74) is -6.46. The van der Waals surface area contributed by atoms with E-state index in [0.29, 0.717) is 13.2 Å². The third kappa shape index (κ3) is 2.62. The molecule has 0 radical (unpaired) electrons. The van der Waals surface area contributed by atoms with E-state index in [1.807, 2.05) is 0 Å². The van der Waals surface area contributed by atoms with Crippen molar-refractivity contribution in [1.82, 2.24) is 0 Å². The molecule has 12 heteroatoms. The van der Waals surface area contributed by atoms with Crippen LogP contribution in [0.15, 0.2) is 24.3 Å². The normalized spacial score (nSPS) is 24.6. The fraction of sp³-hybridized carbons (Fsp3) is 0.364. The van der Waals surface area contributed by atoms with Gasteiger partial charge in [-0.3, -0.25) is 9.32 Å². The number of carbonyl (C=O) groups is 1. The van der Waals surface area contributed by atoms with E-state index in [-0.39, 0.29) is 0 Å². The first-order chi connectivity index (χ1) is 10.4. The van der Waals surface area contributed by atoms with Gasteiger partial charge in [0.2, 0.25) is 5.78 Å². The third-order valence-electron chi connectivity index (χ3n) is 2.93. The van der Waals surface area contributed by atoms with Gasteiger partial charge in [-0.15, -0.1) is 0 Å². The standard InChI is InChI=1S/C11H7F6O5P/c1-20-23(19)21-7-5-3-2-4-6(7)8(18)9(22-23,10(12,13)14)11(15,16)17/h2-5H,1H3/t23-/m0/s1. The molecular formula is C11H7F6O5P. The number of fused-ring (bicyclic) bond motifs is 1. The number of carbonyl (C=O) groups excluding carboxylic acids is 1. The number of alkyl halides is 6. The van der Waals surface area contributed by atoms with Gasteiger partial charge in [0.1, 0.15) is 5.75 Å². The molecule has 0 N–H and O–H groups in total. The van der Waals surface area contributed by atoms with Crippen LogP contribution in [0.1, 0.15) is 10.4 Å². The quantitative estimate of drug-likeness (QED) is 0.559. The Morgan fingerprint density at radius 1 is 1.09 bits per heavy atom. The van der Waals surface area contributed by atoms with Crippen LogP contribution >= 0.6 is 7.82 Å². The van der Waals surface area contributed by atoms with Gasteiger partial charge in [0.25, 0.3) is 0 Å². The van der Waals surface area contributed by atoms with E-state index in [1.165, 1.54) is 0 Å². The molecule has 1 aliphatic rings. The van der Waals surface area contributed by atoms with E-state index in [0.717, 1.165) is 18.2 Å². The summed E-state index contributed by atoms with van der Waals surface area (Å²) in [4.78, 5) is 12.0. The fourth-order valence-electron chi connectivity index (χ4n) is 1.87. The molecule has 5 nitrogen and oxygen atoms in total. The van der Waals surface area contributed by atoms with Gasteiger partial charge < -0.3 is 4.52 Å². The summed E-state index contributed by atoms with van der Waals surface area (Å²) in [7, 11) is -4.86. The number of hydrogen-bond donors (Lipinski definition) is 0. The Labute approximate surface area is 124 Å². The minimum atomic E-state index is -6.27. The largest absolute Gasteiger partial charge is 0.531 e. The number of halogens is 6. The molecule has 0 unspecified atom stereocenters. The van der Waals surface area contributed by atoms with E-state index in [9.17, 15) is 35.7 Å². The Morgan fingerprint density at radius 2 is 1.61 bits per heavy atom. The van der Waals surface area contributed by atoms with Crippen molar-refractivity contribution in [3.8, 4) is 5.75 Å². The van der Waals surface area contributed by atoms with Crippen LogP contribution in [0, 0.1) is 0 Å². The van der Waals surface area contributed by atoms with Crippen molar-refractivity contribution in [1.29, 1.82) is 0 Å². The SMILES string of the molecule is CO[P@@]1(=O)Oc2ccccc2C(=O)C(C(F)(F)F)(C(F)(F)F)O1. The summed E-state index contributed by atoms with van der Waals surface area (Å²) in [6.45, 7) is 0. The van der Waals surface area contributed by atoms with E-state index >= 15 is 0 Å². The van der Waals surface area contributed by atoms with Crippen molar-refractivity contribution in [2.24, 2.45) is 0 Å². The molecule has 1 heterocycles. The molecule has 128 valence electrons. The Hall–Kier alpha value is -1.58. The van der Waals surface area contributed by atoms with E-state index in [2.05, 4.69) is 13.6 Å². The highest BCUT2D eigenvalue weighted by molar-refractivity contribution is 7.49. The molecule has 0 bridgehead atoms. The minimum absolute atomic E-state index is 0.524. The average molecular weight is 364 g/mol. The average Bonchev–Trinajstić information content (AvgIpc) is 2.52. The van der Waals surface area contributed by atoms with E-state index in [1.54, 1.807) is 0 Å². The van der Waals surface area contributed by atoms with Crippen LogP contribution in [-0.2, 0) is 13.6 Å². The van der Waals surface area contributed by atoms with Crippen LogP contribution in [0.2, 0.25) is 0 Å². The molecule has 0 saturated heterocycles. The van der Waals surface area contributed by atoms with Crippen LogP contribution < -0.4 is 4.52 Å². The minimum Gasteiger partial charge on any atom is -0.403 e. The van der Waals surface area contributed by atoms with Gasteiger partial charge in [-0.05, 0) is 12.1 Å². The molecule has 0 spiro atoms. The summed E-state index contributed by atoms with van der Waals surface area (Å²) in [5, 5.41) is 0. The maximum absolute atomic E-state index is 13.2. The third-order valence-corrected chi connectivity index (χ3v) is 4.30. The van der Waals surface area contributed by atoms with Crippen molar-refractivity contribution in [2.45, 2.75) is 18.0 Å². The molecule has 0 amide bonds. The Bertz CT molecular complexity index is 668. The molecule has 1 aliphatic heterocycles. The van der Waals surface area contributed by atoms with Gasteiger partial charge in [-0.1, -0.05) is 12.1 Å². The lowest BCUT2D eigenvalue weighted by Crippen LogP contribution is -2.63. The van der Waals surface area contributed by atoms with Gasteiger partial charge in [-0.25, -0.2) is 9.09 Å². The van der Waals surface area contributed by atoms with Gasteiger partial charge in [0.15, 0.2) is 0 Å². The number of phosphoric acid groups is 1. The summed E-state index contributed by atoms with van der Waals surface area (Å²) in [6, 6.07) is 3.70. The van der Waals surface area contributed by atoms with Gasteiger partial charge in [-0.2, -0.15) is 26.3 Å². The molecule has 0 fully saturated rings. The highest BCUT2D eigenvalue weighted by atomic mass is 31.2. The highest BCUT2D eigenvalue weighted by Crippen LogP contribution is 2.62. The van der Waals surface area contributed by atoms with Crippen LogP contribution in [0.3, 0.4) is 0 Å². The zero-order chi connectivity index (χ0) is 17.7. The zero-order valence-corrected chi connectivity index (χ0v) is 12.0. The maximum atomic E-state index is 13.2. The predicted octanol–water partition coefficient (Wildman–Crippen LogP) is 3.90. The molecule has 1 aromatic carbocycles. The van der Waals surface area contributed by atoms with Crippen molar-refractivity contribution in [3.05, 3.63) is 29.8 Å². The molecule has 0 aliphatic carbocycles. The zero-order valence-electron chi connectivity index (χ0n) is 11.1. The van der Waals surface area contributed by atoms with Gasteiger partial charge >= 0.3 is 25.8 Å². The fourth-order valence-corrected chi connectivity index (χ4v) is 3.08. The van der Waals surface area contributed by atoms with Crippen molar-refractivity contribution in [3.63, 3.8) is 0 Å². The summed E-state index contributed by atoms with van der Waals surface area (Å²) in [5.74, 6) is -3.28. The summed E-state index contributed by atoms with van der Waals surface area (Å²) < 4.78 is 103. The predicted molar refractivity (Wildman–Crippen MR) is 61.9 cm³/mol. The molecule has 1 aromatic rings. The number of ketones is 1. The molecule has 0 aromatic heterocycles. The van der Waals surface area contributed by atoms with Crippen LogP contribution in [0.5, 0.6) is 5.75 Å². The van der Waals surface area contributed by atoms with E-state index < -0.39 is 42.9 Å². The molecular weight excluding hydrogens is 357 g/mol. The second kappa shape index (κ2) is 5.22. The van der Waals surface area contributed by atoms with Crippen LogP contribution in [0.25, 0.3) is 0 Å². The molecule has 2 rings (SSSR count). The lowest BCUT2D eigenvalue weighted by Gasteiger charge is -2.34. The molecule has 0 saturated carbocycles. The van der Waals surface area contributed by atoms with Gasteiger partial charge in [0.05, 0.1) is 5.56 Å². The Kier molecular flexibility index (Phi) is 4.03. The number of hydrogen-bond acceptors (Lipinski definition) is 5. The first-order valence-electron chi connectivity index (χ1n) is 5.71. The number of phosphoric ester groups is 1. The number of para-hydroxylation sites is 1. The summed E-state index contributed by atoms with van der Waals surface area (Å²) in [6.07, 6.45) is -12.5. The van der Waals surface area contributed by atoms with Crippen molar-refractivity contribution in [2.75, 3.05) is 7.11 Å². The first-order valence-corrected chi connectivity index (χ1v) is 7.17. The van der Waals surface area contributed by atoms with Gasteiger partial charge in [0, 0.05) is 7.11 Å².